The van der Waals surface area contributed by atoms with E-state index in [0.717, 1.165) is 37.1 Å². The highest BCUT2D eigenvalue weighted by Crippen LogP contribution is 2.27. The zero-order valence-electron chi connectivity index (χ0n) is 12.6. The summed E-state index contributed by atoms with van der Waals surface area (Å²) in [5, 5.41) is 7.87. The van der Waals surface area contributed by atoms with Gasteiger partial charge in [0.05, 0.1) is 5.75 Å². The van der Waals surface area contributed by atoms with E-state index >= 15 is 0 Å². The van der Waals surface area contributed by atoms with E-state index in [1.807, 2.05) is 23.7 Å². The number of benzene rings is 1. The second kappa shape index (κ2) is 6.08. The first-order valence-corrected chi connectivity index (χ1v) is 9.14. The van der Waals surface area contributed by atoms with Crippen molar-refractivity contribution in [3.63, 3.8) is 0 Å². The molecule has 0 saturated heterocycles. The summed E-state index contributed by atoms with van der Waals surface area (Å²) in [4.78, 5) is 0. The average molecular weight is 320 g/mol. The summed E-state index contributed by atoms with van der Waals surface area (Å²) in [7, 11) is -1.41. The molecule has 1 saturated carbocycles. The van der Waals surface area contributed by atoms with Crippen molar-refractivity contribution < 1.29 is 8.42 Å². The van der Waals surface area contributed by atoms with E-state index in [-0.39, 0.29) is 5.75 Å². The van der Waals surface area contributed by atoms with Crippen LogP contribution in [0.3, 0.4) is 0 Å². The molecule has 118 valence electrons. The molecular weight excluding hydrogens is 300 g/mol. The largest absolute Gasteiger partial charge is 0.317 e. The third-order valence-corrected chi connectivity index (χ3v) is 5.51. The number of nitrogens with zero attached hydrogens (tertiary/aromatic N) is 3. The Labute approximate surface area is 130 Å². The molecule has 0 amide bonds. The van der Waals surface area contributed by atoms with Gasteiger partial charge in [-0.05, 0) is 43.0 Å². The molecule has 1 aromatic heterocycles. The molecule has 22 heavy (non-hydrogen) atoms. The number of aromatic nitrogens is 3. The van der Waals surface area contributed by atoms with Gasteiger partial charge in [-0.1, -0.05) is 12.8 Å². The molecule has 1 aliphatic rings. The van der Waals surface area contributed by atoms with Gasteiger partial charge in [-0.25, -0.2) is 8.42 Å². The lowest BCUT2D eigenvalue weighted by atomic mass is 10.1. The van der Waals surface area contributed by atoms with Crippen LogP contribution in [0.4, 0.5) is 5.69 Å². The number of nitrogens with one attached hydrogen (secondary N) is 1. The molecule has 0 spiro atoms. The van der Waals surface area contributed by atoms with Crippen LogP contribution in [0, 0.1) is 5.92 Å². The zero-order valence-corrected chi connectivity index (χ0v) is 13.4. The minimum absolute atomic E-state index is 0.220. The van der Waals surface area contributed by atoms with E-state index in [4.69, 9.17) is 0 Å². The summed E-state index contributed by atoms with van der Waals surface area (Å²) in [6, 6.07) is 7.21. The van der Waals surface area contributed by atoms with Gasteiger partial charge in [-0.3, -0.25) is 4.72 Å². The van der Waals surface area contributed by atoms with Gasteiger partial charge in [0.15, 0.2) is 5.82 Å². The first-order chi connectivity index (χ1) is 10.5. The highest BCUT2D eigenvalue weighted by atomic mass is 32.2. The van der Waals surface area contributed by atoms with Gasteiger partial charge in [0.2, 0.25) is 10.0 Å². The van der Waals surface area contributed by atoms with E-state index in [2.05, 4.69) is 14.9 Å². The third-order valence-electron chi connectivity index (χ3n) is 4.06. The molecular formula is C15H20N4O2S. The number of hydrogen-bond acceptors (Lipinski definition) is 4. The number of sulfonamides is 1. The van der Waals surface area contributed by atoms with Crippen molar-refractivity contribution in [2.75, 3.05) is 10.5 Å². The van der Waals surface area contributed by atoms with Crippen molar-refractivity contribution in [1.82, 2.24) is 14.8 Å². The summed E-state index contributed by atoms with van der Waals surface area (Å²) in [6.07, 6.45) is 5.96. The van der Waals surface area contributed by atoms with Crippen LogP contribution in [0.25, 0.3) is 11.4 Å². The van der Waals surface area contributed by atoms with Gasteiger partial charge in [-0.15, -0.1) is 10.2 Å². The summed E-state index contributed by atoms with van der Waals surface area (Å²) in [6.45, 7) is 0. The number of anilines is 1. The molecule has 0 aliphatic heterocycles. The molecule has 1 aromatic carbocycles. The number of hydrogen-bond donors (Lipinski definition) is 1. The standard InChI is InChI=1S/C15H20N4O2S/c1-19-11-16-17-15(19)13-6-8-14(9-7-13)18-22(20,21)10-12-4-2-3-5-12/h6-9,11-12,18H,2-5,10H2,1H3. The van der Waals surface area contributed by atoms with Gasteiger partial charge in [0.25, 0.3) is 0 Å². The molecule has 2 aromatic rings. The Morgan fingerprint density at radius 3 is 2.50 bits per heavy atom. The van der Waals surface area contributed by atoms with Crippen LogP contribution < -0.4 is 4.72 Å². The molecule has 3 rings (SSSR count). The SMILES string of the molecule is Cn1cnnc1-c1ccc(NS(=O)(=O)CC2CCCC2)cc1. The smallest absolute Gasteiger partial charge is 0.232 e. The molecule has 1 fully saturated rings. The average Bonchev–Trinajstić information content (AvgIpc) is 3.10. The van der Waals surface area contributed by atoms with E-state index < -0.39 is 10.0 Å². The summed E-state index contributed by atoms with van der Waals surface area (Å²) in [5.41, 5.74) is 1.49. The van der Waals surface area contributed by atoms with Gasteiger partial charge >= 0.3 is 0 Å². The maximum atomic E-state index is 12.2. The van der Waals surface area contributed by atoms with E-state index in [1.54, 1.807) is 18.5 Å². The predicted molar refractivity (Wildman–Crippen MR) is 85.8 cm³/mol. The molecule has 0 bridgehead atoms. The van der Waals surface area contributed by atoms with Crippen LogP contribution in [0.5, 0.6) is 0 Å². The maximum absolute atomic E-state index is 12.2. The highest BCUT2D eigenvalue weighted by molar-refractivity contribution is 7.92. The van der Waals surface area contributed by atoms with E-state index in [0.29, 0.717) is 11.6 Å². The van der Waals surface area contributed by atoms with Crippen molar-refractivity contribution in [2.45, 2.75) is 25.7 Å². The number of rotatable bonds is 5. The Hall–Kier alpha value is -1.89. The van der Waals surface area contributed by atoms with E-state index in [1.165, 1.54) is 0 Å². The third kappa shape index (κ3) is 3.47. The maximum Gasteiger partial charge on any atom is 0.232 e. The molecule has 1 N–H and O–H groups in total. The molecule has 1 heterocycles. The Morgan fingerprint density at radius 2 is 1.91 bits per heavy atom. The lowest BCUT2D eigenvalue weighted by Crippen LogP contribution is -2.21. The van der Waals surface area contributed by atoms with Gasteiger partial charge in [-0.2, -0.15) is 0 Å². The van der Waals surface area contributed by atoms with Crippen LogP contribution in [0.2, 0.25) is 0 Å². The first-order valence-electron chi connectivity index (χ1n) is 7.48. The lowest BCUT2D eigenvalue weighted by Gasteiger charge is -2.12. The Bertz CT molecular complexity index is 731. The predicted octanol–water partition coefficient (Wildman–Crippen LogP) is 2.41. The van der Waals surface area contributed by atoms with E-state index in [9.17, 15) is 8.42 Å². The fourth-order valence-electron chi connectivity index (χ4n) is 2.94. The molecule has 7 heteroatoms. The fourth-order valence-corrected chi connectivity index (χ4v) is 4.47. The molecule has 1 aliphatic carbocycles. The Balaban J connectivity index is 1.69. The monoisotopic (exact) mass is 320 g/mol. The second-order valence-electron chi connectivity index (χ2n) is 5.88. The van der Waals surface area contributed by atoms with Crippen LogP contribution in [0.1, 0.15) is 25.7 Å². The van der Waals surface area contributed by atoms with Gasteiger partial charge in [0, 0.05) is 18.3 Å². The molecule has 0 unspecified atom stereocenters. The Kier molecular flexibility index (Phi) is 4.15. The Morgan fingerprint density at radius 1 is 1.23 bits per heavy atom. The van der Waals surface area contributed by atoms with Crippen LogP contribution >= 0.6 is 0 Å². The first kappa shape index (κ1) is 15.0. The van der Waals surface area contributed by atoms with Crippen LogP contribution in [-0.4, -0.2) is 28.9 Å². The highest BCUT2D eigenvalue weighted by Gasteiger charge is 2.22. The number of aryl methyl sites for hydroxylation is 1. The molecule has 6 nitrogen and oxygen atoms in total. The van der Waals surface area contributed by atoms with Crippen molar-refractivity contribution in [3.8, 4) is 11.4 Å². The topological polar surface area (TPSA) is 76.9 Å². The van der Waals surface area contributed by atoms with Crippen LogP contribution in [-0.2, 0) is 17.1 Å². The quantitative estimate of drug-likeness (QED) is 0.918. The minimum Gasteiger partial charge on any atom is -0.317 e. The fraction of sp³-hybridized carbons (Fsp3) is 0.467. The molecule has 0 atom stereocenters. The van der Waals surface area contributed by atoms with Crippen molar-refractivity contribution in [2.24, 2.45) is 13.0 Å². The summed E-state index contributed by atoms with van der Waals surface area (Å²) < 4.78 is 28.9. The van der Waals surface area contributed by atoms with Gasteiger partial charge in [0.1, 0.15) is 6.33 Å². The van der Waals surface area contributed by atoms with Gasteiger partial charge < -0.3 is 4.57 Å². The summed E-state index contributed by atoms with van der Waals surface area (Å²) >= 11 is 0. The summed E-state index contributed by atoms with van der Waals surface area (Å²) in [5.74, 6) is 1.27. The second-order valence-corrected chi connectivity index (χ2v) is 7.64. The normalized spacial score (nSPS) is 16.0. The van der Waals surface area contributed by atoms with Crippen molar-refractivity contribution in [1.29, 1.82) is 0 Å². The van der Waals surface area contributed by atoms with Crippen LogP contribution in [0.15, 0.2) is 30.6 Å². The molecule has 0 radical (unpaired) electrons. The zero-order chi connectivity index (χ0) is 15.6. The lowest BCUT2D eigenvalue weighted by molar-refractivity contribution is 0.563. The van der Waals surface area contributed by atoms with Crippen molar-refractivity contribution >= 4 is 15.7 Å². The van der Waals surface area contributed by atoms with Crippen molar-refractivity contribution in [3.05, 3.63) is 30.6 Å². The minimum atomic E-state index is -3.28.